The largest absolute Gasteiger partial charge is 0.508 e. The zero-order chi connectivity index (χ0) is 38.7. The highest BCUT2D eigenvalue weighted by Gasteiger charge is 2.72. The molecule has 1 saturated carbocycles. The van der Waals surface area contributed by atoms with Crippen molar-refractivity contribution < 1.29 is 36.5 Å². The lowest BCUT2D eigenvalue weighted by molar-refractivity contribution is -0.0538. The Morgan fingerprint density at radius 1 is 1.04 bits per heavy atom. The number of nitrogens with zero attached hydrogens (tertiary/aromatic N) is 7. The first-order valence-corrected chi connectivity index (χ1v) is 19.2. The number of phenols is 1. The first-order chi connectivity index (χ1) is 26.9. The number of benzene rings is 3. The van der Waals surface area contributed by atoms with Crippen molar-refractivity contribution in [2.75, 3.05) is 64.0 Å². The lowest BCUT2D eigenvalue weighted by Gasteiger charge is -2.44. The molecule has 0 unspecified atom stereocenters. The number of anilines is 1. The van der Waals surface area contributed by atoms with E-state index in [0.29, 0.717) is 47.5 Å². The normalized spacial score (nSPS) is 26.4. The molecule has 4 aliphatic heterocycles. The van der Waals surface area contributed by atoms with Gasteiger partial charge in [0.05, 0.1) is 29.6 Å². The second-order valence-electron chi connectivity index (χ2n) is 16.4. The number of alkyl halides is 3. The summed E-state index contributed by atoms with van der Waals surface area (Å²) < 4.78 is 90.3. The maximum absolute atomic E-state index is 17.7. The van der Waals surface area contributed by atoms with Crippen LogP contribution in [0.5, 0.6) is 11.8 Å². The number of aryl methyl sites for hydroxylation is 1. The fourth-order valence-corrected chi connectivity index (χ4v) is 9.68. The number of hydrogen-bond donors (Lipinski definition) is 1. The Labute approximate surface area is 319 Å². The van der Waals surface area contributed by atoms with Crippen LogP contribution in [0.25, 0.3) is 43.7 Å². The van der Waals surface area contributed by atoms with Gasteiger partial charge in [-0.15, -0.1) is 6.42 Å². The zero-order valence-electron chi connectivity index (χ0n) is 30.7. The monoisotopic (exact) mass is 773 g/mol. The molecule has 292 valence electrons. The van der Waals surface area contributed by atoms with E-state index >= 15 is 17.6 Å². The maximum atomic E-state index is 17.7. The molecule has 0 spiro atoms. The molecule has 6 heterocycles. The van der Waals surface area contributed by atoms with Gasteiger partial charge < -0.3 is 19.5 Å². The van der Waals surface area contributed by atoms with Gasteiger partial charge in [-0.3, -0.25) is 14.5 Å². The number of halogens is 5. The average Bonchev–Trinajstić information content (AvgIpc) is 3.47. The number of terminal acetylenes is 1. The van der Waals surface area contributed by atoms with Crippen LogP contribution >= 0.6 is 0 Å². The van der Waals surface area contributed by atoms with Crippen LogP contribution < -0.4 is 9.64 Å². The van der Waals surface area contributed by atoms with Crippen molar-refractivity contribution in [3.05, 3.63) is 47.7 Å². The van der Waals surface area contributed by atoms with Gasteiger partial charge in [-0.1, -0.05) is 12.0 Å². The van der Waals surface area contributed by atoms with Gasteiger partial charge in [-0.05, 0) is 48.4 Å². The topological polar surface area (TPSA) is 92.0 Å². The number of phenolic OH excluding ortho intramolecular Hbond substituents is 1. The molecule has 10 rings (SSSR count). The van der Waals surface area contributed by atoms with E-state index in [1.165, 1.54) is 28.9 Å². The van der Waals surface area contributed by atoms with E-state index in [2.05, 4.69) is 25.8 Å². The van der Waals surface area contributed by atoms with Crippen LogP contribution in [0.2, 0.25) is 0 Å². The first-order valence-electron chi connectivity index (χ1n) is 19.2. The van der Waals surface area contributed by atoms with E-state index < -0.39 is 42.2 Å². The number of fused-ring (bicyclic) bond motifs is 6. The van der Waals surface area contributed by atoms with Crippen molar-refractivity contribution in [3.63, 3.8) is 0 Å². The molecule has 15 heteroatoms. The fraction of sp³-hybridized carbons (Fsp3) is 0.488. The molecule has 56 heavy (non-hydrogen) atoms. The molecule has 5 fully saturated rings. The quantitative estimate of drug-likeness (QED) is 0.142. The Morgan fingerprint density at radius 2 is 1.80 bits per heavy atom. The van der Waals surface area contributed by atoms with Gasteiger partial charge in [0.2, 0.25) is 0 Å². The molecule has 1 aliphatic carbocycles. The molecule has 1 N–H and O–H groups in total. The van der Waals surface area contributed by atoms with E-state index in [-0.39, 0.29) is 76.5 Å². The Hall–Kier alpha value is -4.78. The van der Waals surface area contributed by atoms with Crippen molar-refractivity contribution in [2.24, 2.45) is 18.4 Å². The molecule has 10 nitrogen and oxygen atoms in total. The van der Waals surface area contributed by atoms with Crippen LogP contribution in [0.15, 0.2) is 30.5 Å². The standard InChI is InChI=1S/C41H40F5N7O3/c1-3-28-31(43)7-4-23-10-27(54)11-29(32(23)28)33-35(44)37-34(30-16-50(2)49-36(30)33)38(52-14-25-5-6-26(15-52)53(25)12-22-17-55-18-22)48-39(47-37)56-21-40(19-41(40,45)46)20-51-9-8-24(42)13-51/h1,4,7,10-11,16,22,24-26,54H,5-6,8-9,12-15,17-21H2,2H3/t24-,25-,26+,40+/m0/s1. The van der Waals surface area contributed by atoms with E-state index in [1.54, 1.807) is 18.1 Å². The average molecular weight is 774 g/mol. The number of piperazine rings is 1. The van der Waals surface area contributed by atoms with Gasteiger partial charge in [-0.2, -0.15) is 15.1 Å². The summed E-state index contributed by atoms with van der Waals surface area (Å²) in [5.41, 5.74) is -1.57. The third-order valence-electron chi connectivity index (χ3n) is 12.6. The molecule has 4 saturated heterocycles. The van der Waals surface area contributed by atoms with Crippen LogP contribution in [-0.2, 0) is 11.8 Å². The molecule has 5 aromatic rings. The van der Waals surface area contributed by atoms with Gasteiger partial charge >= 0.3 is 6.01 Å². The van der Waals surface area contributed by atoms with Crippen molar-refractivity contribution in [1.29, 1.82) is 0 Å². The summed E-state index contributed by atoms with van der Waals surface area (Å²) in [7, 11) is 1.70. The number of aromatic nitrogens is 4. The van der Waals surface area contributed by atoms with Crippen molar-refractivity contribution in [3.8, 4) is 35.2 Å². The lowest BCUT2D eigenvalue weighted by atomic mass is 9.91. The molecule has 0 radical (unpaired) electrons. The smallest absolute Gasteiger partial charge is 0.319 e. The predicted octanol–water partition coefficient (Wildman–Crippen LogP) is 6.05. The SMILES string of the molecule is C#Cc1c(F)ccc2cc(O)cc(-c3c(F)c4nc(OC[C@]5(CN6CC[C@H](F)C6)CC5(F)F)nc(N5C[C@H]6CC[C@@H](C5)N6CC5COC5)c4c4cn(C)nc34)c12. The second-order valence-corrected chi connectivity index (χ2v) is 16.4. The summed E-state index contributed by atoms with van der Waals surface area (Å²) in [6.45, 7) is 3.55. The Morgan fingerprint density at radius 3 is 2.46 bits per heavy atom. The predicted molar refractivity (Wildman–Crippen MR) is 200 cm³/mol. The van der Waals surface area contributed by atoms with Crippen LogP contribution in [0.1, 0.15) is 31.2 Å². The van der Waals surface area contributed by atoms with Gasteiger partial charge in [-0.25, -0.2) is 22.0 Å². The van der Waals surface area contributed by atoms with Gasteiger partial charge in [0, 0.05) is 93.3 Å². The van der Waals surface area contributed by atoms with Crippen LogP contribution in [0.4, 0.5) is 27.8 Å². The van der Waals surface area contributed by atoms with Crippen molar-refractivity contribution in [1.82, 2.24) is 29.5 Å². The summed E-state index contributed by atoms with van der Waals surface area (Å²) in [5, 5.41) is 17.0. The third kappa shape index (κ3) is 5.66. The molecular formula is C41H40F5N7O3. The Kier molecular flexibility index (Phi) is 8.19. The van der Waals surface area contributed by atoms with Gasteiger partial charge in [0.15, 0.2) is 5.82 Å². The number of rotatable bonds is 9. The highest BCUT2D eigenvalue weighted by atomic mass is 19.3. The molecule has 2 aromatic heterocycles. The Balaban J connectivity index is 1.14. The summed E-state index contributed by atoms with van der Waals surface area (Å²) >= 11 is 0. The summed E-state index contributed by atoms with van der Waals surface area (Å²) in [6.07, 6.45) is 8.29. The van der Waals surface area contributed by atoms with Crippen molar-refractivity contribution >= 4 is 38.4 Å². The lowest BCUT2D eigenvalue weighted by Crippen LogP contribution is -2.56. The minimum atomic E-state index is -3.04. The van der Waals surface area contributed by atoms with Crippen LogP contribution in [-0.4, -0.2) is 118 Å². The van der Waals surface area contributed by atoms with Gasteiger partial charge in [0.1, 0.15) is 41.2 Å². The summed E-state index contributed by atoms with van der Waals surface area (Å²) in [5.74, 6) is -1.51. The van der Waals surface area contributed by atoms with Crippen LogP contribution in [0.3, 0.4) is 0 Å². The number of aromatic hydroxyl groups is 1. The van der Waals surface area contributed by atoms with Crippen molar-refractivity contribution in [2.45, 2.75) is 49.9 Å². The van der Waals surface area contributed by atoms with Gasteiger partial charge in [0.25, 0.3) is 5.92 Å². The van der Waals surface area contributed by atoms with E-state index in [9.17, 15) is 9.50 Å². The van der Waals surface area contributed by atoms with E-state index in [0.717, 1.165) is 32.6 Å². The summed E-state index contributed by atoms with van der Waals surface area (Å²) in [4.78, 5) is 15.8. The molecule has 3 aromatic carbocycles. The molecule has 0 amide bonds. The maximum Gasteiger partial charge on any atom is 0.319 e. The fourth-order valence-electron chi connectivity index (χ4n) is 9.68. The zero-order valence-corrected chi connectivity index (χ0v) is 30.7. The van der Waals surface area contributed by atoms with Crippen LogP contribution in [0, 0.1) is 35.3 Å². The van der Waals surface area contributed by atoms with E-state index in [1.807, 2.05) is 0 Å². The Bertz CT molecular complexity index is 2450. The second kappa shape index (κ2) is 12.9. The number of hydrogen-bond acceptors (Lipinski definition) is 9. The number of ether oxygens (including phenoxy) is 2. The highest BCUT2D eigenvalue weighted by molar-refractivity contribution is 6.18. The minimum absolute atomic E-state index is 0.0499. The molecular weight excluding hydrogens is 733 g/mol. The highest BCUT2D eigenvalue weighted by Crippen LogP contribution is 2.61. The third-order valence-corrected chi connectivity index (χ3v) is 12.6. The molecule has 4 atom stereocenters. The molecule has 5 aliphatic rings. The van der Waals surface area contributed by atoms with E-state index in [4.69, 9.17) is 20.9 Å². The minimum Gasteiger partial charge on any atom is -0.508 e. The number of likely N-dealkylation sites (tertiary alicyclic amines) is 1. The first kappa shape index (κ1) is 35.6. The summed E-state index contributed by atoms with van der Waals surface area (Å²) in [6, 6.07) is 5.54. The molecule has 2 bridgehead atoms.